The van der Waals surface area contributed by atoms with Crippen molar-refractivity contribution in [1.82, 2.24) is 20.0 Å². The average molecular weight is 292 g/mol. The van der Waals surface area contributed by atoms with Crippen molar-refractivity contribution in [3.05, 3.63) is 16.6 Å². The third kappa shape index (κ3) is 2.03. The molecule has 0 radical (unpaired) electrons. The molecular formula is C14H20N4OS. The molecule has 2 unspecified atom stereocenters. The van der Waals surface area contributed by atoms with Gasteiger partial charge in [0.15, 0.2) is 0 Å². The Hall–Kier alpha value is -1.40. The zero-order valence-electron chi connectivity index (χ0n) is 12.3. The number of fused-ring (bicyclic) bond motifs is 1. The molecule has 3 rings (SSSR count). The summed E-state index contributed by atoms with van der Waals surface area (Å²) in [6, 6.07) is 2.55. The number of carbonyl (C=O) groups is 1. The first-order valence-electron chi connectivity index (χ1n) is 6.96. The summed E-state index contributed by atoms with van der Waals surface area (Å²) in [5.74, 6) is 0.145. The van der Waals surface area contributed by atoms with Crippen molar-refractivity contribution in [3.63, 3.8) is 0 Å². The number of rotatable bonds is 1. The van der Waals surface area contributed by atoms with E-state index in [9.17, 15) is 4.79 Å². The van der Waals surface area contributed by atoms with E-state index in [0.717, 1.165) is 33.9 Å². The molecule has 108 valence electrons. The van der Waals surface area contributed by atoms with E-state index < -0.39 is 0 Å². The largest absolute Gasteiger partial charge is 0.332 e. The van der Waals surface area contributed by atoms with Gasteiger partial charge in [-0.25, -0.2) is 0 Å². The minimum atomic E-state index is 0.145. The third-order valence-corrected chi connectivity index (χ3v) is 5.39. The van der Waals surface area contributed by atoms with E-state index >= 15 is 0 Å². The van der Waals surface area contributed by atoms with E-state index in [0.29, 0.717) is 6.04 Å². The van der Waals surface area contributed by atoms with E-state index in [1.54, 1.807) is 0 Å². The number of amides is 1. The summed E-state index contributed by atoms with van der Waals surface area (Å²) >= 11 is 1.54. The van der Waals surface area contributed by atoms with Gasteiger partial charge < -0.3 is 10.2 Å². The Balaban J connectivity index is 1.94. The summed E-state index contributed by atoms with van der Waals surface area (Å²) in [6.45, 7) is 7.86. The van der Waals surface area contributed by atoms with Crippen molar-refractivity contribution in [2.24, 2.45) is 7.05 Å². The predicted octanol–water partition coefficient (Wildman–Crippen LogP) is 1.77. The number of thiophene rings is 1. The Morgan fingerprint density at radius 1 is 1.50 bits per heavy atom. The first kappa shape index (κ1) is 13.6. The molecule has 20 heavy (non-hydrogen) atoms. The van der Waals surface area contributed by atoms with E-state index in [1.165, 1.54) is 11.3 Å². The lowest BCUT2D eigenvalue weighted by atomic mass is 10.1. The molecule has 0 spiro atoms. The van der Waals surface area contributed by atoms with Crippen LogP contribution in [0, 0.1) is 6.92 Å². The molecular weight excluding hydrogens is 272 g/mol. The molecule has 5 nitrogen and oxygen atoms in total. The minimum absolute atomic E-state index is 0.145. The van der Waals surface area contributed by atoms with Crippen LogP contribution in [0.25, 0.3) is 10.2 Å². The lowest BCUT2D eigenvalue weighted by Gasteiger charge is -2.38. The molecule has 2 atom stereocenters. The molecule has 6 heteroatoms. The van der Waals surface area contributed by atoms with Crippen LogP contribution < -0.4 is 5.32 Å². The maximum absolute atomic E-state index is 12.7. The van der Waals surface area contributed by atoms with Crippen LogP contribution in [0.2, 0.25) is 0 Å². The van der Waals surface area contributed by atoms with Crippen molar-refractivity contribution in [3.8, 4) is 0 Å². The van der Waals surface area contributed by atoms with Gasteiger partial charge >= 0.3 is 0 Å². The Kier molecular flexibility index (Phi) is 3.30. The number of hydrogen-bond donors (Lipinski definition) is 1. The van der Waals surface area contributed by atoms with Gasteiger partial charge in [0, 0.05) is 37.6 Å². The summed E-state index contributed by atoms with van der Waals surface area (Å²) in [5, 5.41) is 8.88. The topological polar surface area (TPSA) is 50.2 Å². The maximum Gasteiger partial charge on any atom is 0.264 e. The van der Waals surface area contributed by atoms with Gasteiger partial charge in [-0.1, -0.05) is 0 Å². The second-order valence-electron chi connectivity index (χ2n) is 5.52. The summed E-state index contributed by atoms with van der Waals surface area (Å²) in [5.41, 5.74) is 0.986. The third-order valence-electron chi connectivity index (χ3n) is 4.20. The number of nitrogens with one attached hydrogen (secondary N) is 1. The van der Waals surface area contributed by atoms with Gasteiger partial charge in [-0.3, -0.25) is 9.48 Å². The van der Waals surface area contributed by atoms with Gasteiger partial charge in [-0.05, 0) is 26.8 Å². The monoisotopic (exact) mass is 292 g/mol. The highest BCUT2D eigenvalue weighted by atomic mass is 32.1. The van der Waals surface area contributed by atoms with E-state index in [-0.39, 0.29) is 11.9 Å². The second-order valence-corrected chi connectivity index (χ2v) is 6.55. The minimum Gasteiger partial charge on any atom is -0.332 e. The Morgan fingerprint density at radius 3 is 2.95 bits per heavy atom. The Morgan fingerprint density at radius 2 is 2.25 bits per heavy atom. The van der Waals surface area contributed by atoms with Gasteiger partial charge in [0.25, 0.3) is 5.91 Å². The summed E-state index contributed by atoms with van der Waals surface area (Å²) in [4.78, 5) is 16.6. The molecule has 2 aromatic rings. The fourth-order valence-electron chi connectivity index (χ4n) is 2.80. The quantitative estimate of drug-likeness (QED) is 0.871. The fraction of sp³-hybridized carbons (Fsp3) is 0.571. The normalized spacial score (nSPS) is 23.5. The number of carbonyl (C=O) groups excluding carboxylic acids is 1. The van der Waals surface area contributed by atoms with Crippen LogP contribution in [-0.4, -0.2) is 45.8 Å². The molecule has 1 aliphatic heterocycles. The van der Waals surface area contributed by atoms with E-state index in [4.69, 9.17) is 0 Å². The lowest BCUT2D eigenvalue weighted by molar-refractivity contribution is 0.0608. The highest BCUT2D eigenvalue weighted by molar-refractivity contribution is 7.20. The average Bonchev–Trinajstić information content (AvgIpc) is 2.95. The molecule has 3 heterocycles. The van der Waals surface area contributed by atoms with Crippen LogP contribution in [0.4, 0.5) is 0 Å². The smallest absolute Gasteiger partial charge is 0.264 e. The molecule has 1 aliphatic rings. The molecule has 1 N–H and O–H groups in total. The Labute approximate surface area is 122 Å². The van der Waals surface area contributed by atoms with Crippen LogP contribution in [0.15, 0.2) is 6.07 Å². The van der Waals surface area contributed by atoms with Gasteiger partial charge in [0.05, 0.1) is 10.6 Å². The number of aromatic nitrogens is 2. The molecule has 0 aromatic carbocycles. The Bertz CT molecular complexity index is 625. The number of piperazine rings is 1. The van der Waals surface area contributed by atoms with Crippen molar-refractivity contribution in [2.45, 2.75) is 32.9 Å². The summed E-state index contributed by atoms with van der Waals surface area (Å²) in [7, 11) is 1.93. The molecule has 1 amide bonds. The molecule has 1 fully saturated rings. The SMILES string of the molecule is Cc1nn(C)c2sc(C(=O)N3CCNC(C)C3C)cc12. The van der Waals surface area contributed by atoms with Crippen molar-refractivity contribution < 1.29 is 4.79 Å². The zero-order chi connectivity index (χ0) is 14.4. The predicted molar refractivity (Wildman–Crippen MR) is 81.3 cm³/mol. The van der Waals surface area contributed by atoms with Gasteiger partial charge in [0.2, 0.25) is 0 Å². The first-order chi connectivity index (χ1) is 9.49. The molecule has 0 aliphatic carbocycles. The maximum atomic E-state index is 12.7. The van der Waals surface area contributed by atoms with Crippen LogP contribution in [0.5, 0.6) is 0 Å². The highest BCUT2D eigenvalue weighted by Gasteiger charge is 2.30. The van der Waals surface area contributed by atoms with Crippen LogP contribution in [0.3, 0.4) is 0 Å². The van der Waals surface area contributed by atoms with Crippen molar-refractivity contribution >= 4 is 27.5 Å². The van der Waals surface area contributed by atoms with Gasteiger partial charge in [-0.2, -0.15) is 5.10 Å². The molecule has 2 aromatic heterocycles. The standard InChI is InChI=1S/C14H20N4OS/c1-8-10(3)18(6-5-15-8)13(19)12-7-11-9(2)16-17(4)14(11)20-12/h7-8,10,15H,5-6H2,1-4H3. The second kappa shape index (κ2) is 4.86. The fourth-order valence-corrected chi connectivity index (χ4v) is 3.87. The molecule has 0 saturated carbocycles. The van der Waals surface area contributed by atoms with Crippen LogP contribution in [0.1, 0.15) is 29.2 Å². The van der Waals surface area contributed by atoms with Crippen LogP contribution >= 0.6 is 11.3 Å². The van der Waals surface area contributed by atoms with Gasteiger partial charge in [0.1, 0.15) is 4.83 Å². The first-order valence-corrected chi connectivity index (χ1v) is 7.78. The van der Waals surface area contributed by atoms with Crippen molar-refractivity contribution in [2.75, 3.05) is 13.1 Å². The highest BCUT2D eigenvalue weighted by Crippen LogP contribution is 2.29. The van der Waals surface area contributed by atoms with Gasteiger partial charge in [-0.15, -0.1) is 11.3 Å². The molecule has 0 bridgehead atoms. The number of nitrogens with zero attached hydrogens (tertiary/aromatic N) is 3. The van der Waals surface area contributed by atoms with E-state index in [2.05, 4.69) is 24.3 Å². The number of aryl methyl sites for hydroxylation is 2. The summed E-state index contributed by atoms with van der Waals surface area (Å²) in [6.07, 6.45) is 0. The number of hydrogen-bond acceptors (Lipinski definition) is 4. The van der Waals surface area contributed by atoms with E-state index in [1.807, 2.05) is 29.6 Å². The zero-order valence-corrected chi connectivity index (χ0v) is 13.1. The van der Waals surface area contributed by atoms with Crippen molar-refractivity contribution in [1.29, 1.82) is 0 Å². The van der Waals surface area contributed by atoms with Crippen LogP contribution in [-0.2, 0) is 7.05 Å². The summed E-state index contributed by atoms with van der Waals surface area (Å²) < 4.78 is 1.86. The lowest BCUT2D eigenvalue weighted by Crippen LogP contribution is -2.57. The molecule has 1 saturated heterocycles.